The van der Waals surface area contributed by atoms with E-state index in [0.29, 0.717) is 17.2 Å². The number of aromatic nitrogens is 3. The molecule has 1 aromatic heterocycles. The summed E-state index contributed by atoms with van der Waals surface area (Å²) in [5, 5.41) is 7.03. The van der Waals surface area contributed by atoms with E-state index < -0.39 is 22.9 Å². The van der Waals surface area contributed by atoms with Gasteiger partial charge in [-0.2, -0.15) is 9.78 Å². The Morgan fingerprint density at radius 1 is 0.946 bits per heavy atom. The van der Waals surface area contributed by atoms with E-state index in [1.807, 2.05) is 68.4 Å². The van der Waals surface area contributed by atoms with Crippen LogP contribution in [0.15, 0.2) is 82.4 Å². The summed E-state index contributed by atoms with van der Waals surface area (Å²) >= 11 is 0. The van der Waals surface area contributed by atoms with Crippen LogP contribution in [-0.2, 0) is 6.54 Å². The number of hydrogen-bond acceptors (Lipinski definition) is 6. The van der Waals surface area contributed by atoms with Crippen molar-refractivity contribution >= 4 is 5.91 Å². The predicted molar refractivity (Wildman–Crippen MR) is 140 cm³/mol. The highest BCUT2D eigenvalue weighted by Gasteiger charge is 2.23. The zero-order chi connectivity index (χ0) is 26.5. The molecule has 0 spiro atoms. The Kier molecular flexibility index (Phi) is 7.52. The summed E-state index contributed by atoms with van der Waals surface area (Å²) in [6, 6.07) is 21.2. The lowest BCUT2D eigenvalue weighted by atomic mass is 10.1. The van der Waals surface area contributed by atoms with Crippen LogP contribution in [0, 0.1) is 6.92 Å². The van der Waals surface area contributed by atoms with E-state index in [-0.39, 0.29) is 12.6 Å². The molecule has 0 saturated heterocycles. The summed E-state index contributed by atoms with van der Waals surface area (Å²) in [6.45, 7) is 3.68. The van der Waals surface area contributed by atoms with Gasteiger partial charge in [-0.05, 0) is 42.7 Å². The van der Waals surface area contributed by atoms with Crippen molar-refractivity contribution in [1.82, 2.24) is 19.7 Å². The minimum Gasteiger partial charge on any atom is -0.493 e. The van der Waals surface area contributed by atoms with E-state index in [1.165, 1.54) is 14.2 Å². The average molecular weight is 501 g/mol. The maximum Gasteiger partial charge on any atom is 0.352 e. The molecule has 190 valence electrons. The molecule has 0 aliphatic carbocycles. The normalized spacial score (nSPS) is 11.6. The van der Waals surface area contributed by atoms with E-state index in [0.717, 1.165) is 25.9 Å². The molecule has 9 heteroatoms. The van der Waals surface area contributed by atoms with Gasteiger partial charge in [-0.15, -0.1) is 0 Å². The molecule has 1 heterocycles. The summed E-state index contributed by atoms with van der Waals surface area (Å²) in [5.74, 6) is 0.144. The number of methoxy groups -OCH3 is 2. The molecule has 9 nitrogen and oxygen atoms in total. The highest BCUT2D eigenvalue weighted by atomic mass is 16.5. The second-order valence-corrected chi connectivity index (χ2v) is 8.51. The lowest BCUT2D eigenvalue weighted by Crippen LogP contribution is -2.46. The summed E-state index contributed by atoms with van der Waals surface area (Å²) in [7, 11) is 2.97. The van der Waals surface area contributed by atoms with E-state index in [1.54, 1.807) is 18.2 Å². The monoisotopic (exact) mass is 500 g/mol. The summed E-state index contributed by atoms with van der Waals surface area (Å²) in [5.41, 5.74) is 1.00. The van der Waals surface area contributed by atoms with Gasteiger partial charge in [-0.1, -0.05) is 54.6 Å². The lowest BCUT2D eigenvalue weighted by molar-refractivity contribution is 0.0930. The van der Waals surface area contributed by atoms with Crippen LogP contribution in [0.5, 0.6) is 11.5 Å². The first-order valence-electron chi connectivity index (χ1n) is 11.7. The van der Waals surface area contributed by atoms with Crippen LogP contribution in [0.2, 0.25) is 0 Å². The molecule has 1 amide bonds. The molecule has 0 radical (unpaired) electrons. The topological polar surface area (TPSA) is 104 Å². The molecule has 0 bridgehead atoms. The van der Waals surface area contributed by atoms with Gasteiger partial charge in [0.15, 0.2) is 11.5 Å². The quantitative estimate of drug-likeness (QED) is 0.398. The number of rotatable bonds is 8. The van der Waals surface area contributed by atoms with Crippen molar-refractivity contribution in [2.75, 3.05) is 14.2 Å². The fourth-order valence-electron chi connectivity index (χ4n) is 3.97. The number of nitrogens with one attached hydrogen (secondary N) is 1. The maximum absolute atomic E-state index is 13.5. The number of carbonyl (C=O) groups excluding carboxylic acids is 1. The molecule has 3 aromatic carbocycles. The van der Waals surface area contributed by atoms with Gasteiger partial charge in [0.25, 0.3) is 11.5 Å². The number of ether oxygens (including phenoxy) is 2. The molecule has 37 heavy (non-hydrogen) atoms. The Bertz CT molecular complexity index is 1540. The molecule has 4 rings (SSSR count). The Morgan fingerprint density at radius 3 is 2.30 bits per heavy atom. The molecule has 0 saturated carbocycles. The molecular formula is C28H28N4O5. The minimum absolute atomic E-state index is 0.0192. The van der Waals surface area contributed by atoms with Gasteiger partial charge < -0.3 is 14.8 Å². The number of amides is 1. The van der Waals surface area contributed by atoms with Crippen molar-refractivity contribution in [3.05, 3.63) is 116 Å². The van der Waals surface area contributed by atoms with Crippen molar-refractivity contribution in [2.24, 2.45) is 0 Å². The van der Waals surface area contributed by atoms with Gasteiger partial charge in [0.05, 0.1) is 32.5 Å². The van der Waals surface area contributed by atoms with E-state index in [4.69, 9.17) is 9.47 Å². The zero-order valence-electron chi connectivity index (χ0n) is 21.1. The molecule has 0 aliphatic rings. The Morgan fingerprint density at radius 2 is 1.62 bits per heavy atom. The second-order valence-electron chi connectivity index (χ2n) is 8.51. The lowest BCUT2D eigenvalue weighted by Gasteiger charge is -2.16. The average Bonchev–Trinajstić information content (AvgIpc) is 2.92. The third-order valence-corrected chi connectivity index (χ3v) is 6.12. The van der Waals surface area contributed by atoms with Gasteiger partial charge >= 0.3 is 5.69 Å². The molecule has 1 atom stereocenters. The van der Waals surface area contributed by atoms with E-state index in [9.17, 15) is 14.4 Å². The number of aryl methyl sites for hydroxylation is 1. The molecule has 4 aromatic rings. The first-order valence-corrected chi connectivity index (χ1v) is 11.7. The van der Waals surface area contributed by atoms with Gasteiger partial charge in [-0.3, -0.25) is 14.2 Å². The molecule has 1 N–H and O–H groups in total. The molecular weight excluding hydrogens is 472 g/mol. The Balaban J connectivity index is 1.85. The fourth-order valence-corrected chi connectivity index (χ4v) is 3.97. The fraction of sp³-hybridized carbons (Fsp3) is 0.214. The third kappa shape index (κ3) is 5.30. The summed E-state index contributed by atoms with van der Waals surface area (Å²) in [6.07, 6.45) is 0. The molecule has 0 unspecified atom stereocenters. The summed E-state index contributed by atoms with van der Waals surface area (Å²) in [4.78, 5) is 40.3. The standard InChI is InChI=1S/C28H28N4O5/c1-18-10-8-9-13-21(18)17-31-27(34)25(26(33)29-19(2)20-11-6-5-7-12-20)30-32(28(31)35)22-14-15-23(36-3)24(16-22)37-4/h5-16,19H,17H2,1-4H3,(H,29,33)/t19-/m1/s1. The van der Waals surface area contributed by atoms with Gasteiger partial charge in [0.2, 0.25) is 5.69 Å². The minimum atomic E-state index is -0.775. The SMILES string of the molecule is COc1ccc(-n2nc(C(=O)N[C@H](C)c3ccccc3)c(=O)n(Cc3ccccc3C)c2=O)cc1OC. The van der Waals surface area contributed by atoms with Crippen molar-refractivity contribution in [1.29, 1.82) is 0 Å². The largest absolute Gasteiger partial charge is 0.493 e. The Labute approximate surface area is 213 Å². The Hall–Kier alpha value is -4.66. The van der Waals surface area contributed by atoms with Crippen LogP contribution >= 0.6 is 0 Å². The zero-order valence-corrected chi connectivity index (χ0v) is 21.1. The van der Waals surface area contributed by atoms with Crippen molar-refractivity contribution < 1.29 is 14.3 Å². The predicted octanol–water partition coefficient (Wildman–Crippen LogP) is 3.26. The number of hydrogen-bond donors (Lipinski definition) is 1. The van der Waals surface area contributed by atoms with Gasteiger partial charge in [-0.25, -0.2) is 4.79 Å². The van der Waals surface area contributed by atoms with Crippen LogP contribution in [0.1, 0.15) is 40.1 Å². The van der Waals surface area contributed by atoms with Crippen LogP contribution in [0.25, 0.3) is 5.69 Å². The van der Waals surface area contributed by atoms with Crippen molar-refractivity contribution in [3.8, 4) is 17.2 Å². The van der Waals surface area contributed by atoms with Crippen molar-refractivity contribution in [2.45, 2.75) is 26.4 Å². The van der Waals surface area contributed by atoms with Crippen molar-refractivity contribution in [3.63, 3.8) is 0 Å². The van der Waals surface area contributed by atoms with E-state index in [2.05, 4.69) is 10.4 Å². The van der Waals surface area contributed by atoms with Crippen LogP contribution in [-0.4, -0.2) is 34.5 Å². The first-order chi connectivity index (χ1) is 17.8. The highest BCUT2D eigenvalue weighted by molar-refractivity contribution is 5.92. The third-order valence-electron chi connectivity index (χ3n) is 6.12. The van der Waals surface area contributed by atoms with Crippen LogP contribution in [0.3, 0.4) is 0 Å². The van der Waals surface area contributed by atoms with Crippen LogP contribution in [0.4, 0.5) is 0 Å². The van der Waals surface area contributed by atoms with Gasteiger partial charge in [0, 0.05) is 6.07 Å². The molecule has 0 aliphatic heterocycles. The molecule has 0 fully saturated rings. The number of benzene rings is 3. The number of nitrogens with zero attached hydrogens (tertiary/aromatic N) is 3. The van der Waals surface area contributed by atoms with Crippen LogP contribution < -0.4 is 26.0 Å². The van der Waals surface area contributed by atoms with E-state index >= 15 is 0 Å². The second kappa shape index (κ2) is 10.9. The summed E-state index contributed by atoms with van der Waals surface area (Å²) < 4.78 is 12.7. The van der Waals surface area contributed by atoms with Gasteiger partial charge in [0.1, 0.15) is 0 Å². The number of carbonyl (C=O) groups is 1. The smallest absolute Gasteiger partial charge is 0.352 e. The highest BCUT2D eigenvalue weighted by Crippen LogP contribution is 2.28. The first kappa shape index (κ1) is 25.4. The maximum atomic E-state index is 13.5.